The predicted octanol–water partition coefficient (Wildman–Crippen LogP) is 2.03. The van der Waals surface area contributed by atoms with Gasteiger partial charge in [0.25, 0.3) is 5.95 Å². The van der Waals surface area contributed by atoms with Gasteiger partial charge in [0.05, 0.1) is 0 Å². The zero-order chi connectivity index (χ0) is 14.8. The van der Waals surface area contributed by atoms with Gasteiger partial charge in [-0.05, 0) is 30.8 Å². The van der Waals surface area contributed by atoms with Gasteiger partial charge >= 0.3 is 0 Å². The van der Waals surface area contributed by atoms with Crippen LogP contribution >= 0.6 is 0 Å². The molecule has 0 spiro atoms. The van der Waals surface area contributed by atoms with E-state index in [1.54, 1.807) is 0 Å². The molecule has 0 bridgehead atoms. The molecule has 0 atom stereocenters. The highest BCUT2D eigenvalue weighted by molar-refractivity contribution is 5.79. The van der Waals surface area contributed by atoms with E-state index in [0.717, 1.165) is 38.8 Å². The first-order chi connectivity index (χ1) is 10.1. The van der Waals surface area contributed by atoms with Gasteiger partial charge in [-0.2, -0.15) is 4.98 Å². The van der Waals surface area contributed by atoms with Crippen molar-refractivity contribution in [1.29, 1.82) is 0 Å². The van der Waals surface area contributed by atoms with Crippen LogP contribution in [0.2, 0.25) is 0 Å². The van der Waals surface area contributed by atoms with E-state index < -0.39 is 0 Å². The van der Waals surface area contributed by atoms with Crippen LogP contribution < -0.4 is 4.90 Å². The smallest absolute Gasteiger partial charge is 0.265 e. The molecule has 1 aliphatic carbocycles. The van der Waals surface area contributed by atoms with Crippen molar-refractivity contribution in [3.8, 4) is 0 Å². The number of carbonyl (C=O) groups is 1. The molecule has 1 aliphatic heterocycles. The van der Waals surface area contributed by atoms with Crippen LogP contribution in [0.4, 0.5) is 5.95 Å². The molecule has 0 aromatic carbocycles. The van der Waals surface area contributed by atoms with Crippen LogP contribution in [0.1, 0.15) is 50.3 Å². The summed E-state index contributed by atoms with van der Waals surface area (Å²) in [5.41, 5.74) is 0. The van der Waals surface area contributed by atoms with Crippen molar-refractivity contribution in [2.24, 2.45) is 5.92 Å². The number of hydrogen-bond donors (Lipinski definition) is 0. The molecular weight excluding hydrogens is 268 g/mol. The van der Waals surface area contributed by atoms with Crippen molar-refractivity contribution in [2.45, 2.75) is 44.4 Å². The Labute approximate surface area is 125 Å². The maximum atomic E-state index is 12.4. The Morgan fingerprint density at radius 3 is 2.43 bits per heavy atom. The molecule has 2 heterocycles. The second-order valence-corrected chi connectivity index (χ2v) is 6.41. The summed E-state index contributed by atoms with van der Waals surface area (Å²) in [6, 6.07) is 0. The average Bonchev–Trinajstić information content (AvgIpc) is 3.18. The largest absolute Gasteiger partial charge is 0.344 e. The zero-order valence-electron chi connectivity index (χ0n) is 12.9. The Kier molecular flexibility index (Phi) is 4.12. The lowest BCUT2D eigenvalue weighted by molar-refractivity contribution is -0.136. The molecule has 21 heavy (non-hydrogen) atoms. The third-order valence-electron chi connectivity index (χ3n) is 4.69. The fraction of sp³-hybridized carbons (Fsp3) is 0.800. The van der Waals surface area contributed by atoms with E-state index >= 15 is 0 Å². The summed E-state index contributed by atoms with van der Waals surface area (Å²) in [7, 11) is 3.80. The third-order valence-corrected chi connectivity index (χ3v) is 4.69. The fourth-order valence-corrected chi connectivity index (χ4v) is 3.35. The van der Waals surface area contributed by atoms with Gasteiger partial charge in [-0.15, -0.1) is 0 Å². The molecule has 6 nitrogen and oxygen atoms in total. The highest BCUT2D eigenvalue weighted by Gasteiger charge is 2.32. The van der Waals surface area contributed by atoms with Crippen molar-refractivity contribution < 1.29 is 9.32 Å². The van der Waals surface area contributed by atoms with Crippen molar-refractivity contribution in [1.82, 2.24) is 15.0 Å². The molecule has 6 heteroatoms. The molecule has 2 aliphatic rings. The lowest BCUT2D eigenvalue weighted by atomic mass is 9.95. The molecule has 1 amide bonds. The number of amides is 1. The van der Waals surface area contributed by atoms with Gasteiger partial charge in [0.1, 0.15) is 0 Å². The topological polar surface area (TPSA) is 62.5 Å². The van der Waals surface area contributed by atoms with Gasteiger partial charge in [-0.1, -0.05) is 12.8 Å². The molecular formula is C15H24N4O2. The number of likely N-dealkylation sites (tertiary alicyclic amines) is 1. The van der Waals surface area contributed by atoms with Crippen LogP contribution in [0.3, 0.4) is 0 Å². The number of rotatable bonds is 3. The summed E-state index contributed by atoms with van der Waals surface area (Å²) in [4.78, 5) is 20.7. The van der Waals surface area contributed by atoms with Crippen molar-refractivity contribution in [2.75, 3.05) is 32.1 Å². The molecule has 0 radical (unpaired) electrons. The van der Waals surface area contributed by atoms with Crippen LogP contribution in [0.25, 0.3) is 0 Å². The van der Waals surface area contributed by atoms with Gasteiger partial charge in [-0.3, -0.25) is 4.79 Å². The number of anilines is 1. The Balaban J connectivity index is 1.55. The van der Waals surface area contributed by atoms with Crippen LogP contribution in [0, 0.1) is 5.92 Å². The maximum Gasteiger partial charge on any atom is 0.265 e. The monoisotopic (exact) mass is 292 g/mol. The molecule has 3 rings (SSSR count). The summed E-state index contributed by atoms with van der Waals surface area (Å²) >= 11 is 0. The van der Waals surface area contributed by atoms with Crippen molar-refractivity contribution in [3.63, 3.8) is 0 Å². The van der Waals surface area contributed by atoms with Crippen LogP contribution in [-0.4, -0.2) is 48.1 Å². The average molecular weight is 292 g/mol. The fourth-order valence-electron chi connectivity index (χ4n) is 3.35. The molecule has 2 fully saturated rings. The molecule has 0 unspecified atom stereocenters. The second-order valence-electron chi connectivity index (χ2n) is 6.41. The van der Waals surface area contributed by atoms with Crippen molar-refractivity contribution >= 4 is 11.9 Å². The number of hydrogen-bond acceptors (Lipinski definition) is 5. The molecule has 1 aromatic heterocycles. The summed E-state index contributed by atoms with van der Waals surface area (Å²) in [5, 5.41) is 3.97. The normalized spacial score (nSPS) is 21.0. The van der Waals surface area contributed by atoms with E-state index in [1.165, 1.54) is 12.8 Å². The highest BCUT2D eigenvalue weighted by Crippen LogP contribution is 2.31. The predicted molar refractivity (Wildman–Crippen MR) is 79.1 cm³/mol. The highest BCUT2D eigenvalue weighted by atomic mass is 16.5. The minimum Gasteiger partial charge on any atom is -0.344 e. The first-order valence-corrected chi connectivity index (χ1v) is 7.95. The van der Waals surface area contributed by atoms with Gasteiger partial charge in [0.2, 0.25) is 11.8 Å². The van der Waals surface area contributed by atoms with E-state index in [-0.39, 0.29) is 5.92 Å². The van der Waals surface area contributed by atoms with E-state index in [4.69, 9.17) is 4.52 Å². The summed E-state index contributed by atoms with van der Waals surface area (Å²) in [6.07, 6.45) is 6.43. The number of nitrogens with zero attached hydrogens (tertiary/aromatic N) is 4. The Bertz CT molecular complexity index is 486. The van der Waals surface area contributed by atoms with E-state index in [2.05, 4.69) is 10.1 Å². The second kappa shape index (κ2) is 6.03. The molecule has 0 N–H and O–H groups in total. The van der Waals surface area contributed by atoms with E-state index in [9.17, 15) is 4.79 Å². The van der Waals surface area contributed by atoms with Crippen LogP contribution in [0.15, 0.2) is 4.52 Å². The number of aromatic nitrogens is 2. The van der Waals surface area contributed by atoms with Crippen LogP contribution in [0.5, 0.6) is 0 Å². The van der Waals surface area contributed by atoms with Gasteiger partial charge in [-0.25, -0.2) is 0 Å². The summed E-state index contributed by atoms with van der Waals surface area (Å²) < 4.78 is 5.35. The van der Waals surface area contributed by atoms with E-state index in [1.807, 2.05) is 23.9 Å². The maximum absolute atomic E-state index is 12.4. The van der Waals surface area contributed by atoms with E-state index in [0.29, 0.717) is 23.7 Å². The molecule has 1 aromatic rings. The Morgan fingerprint density at radius 1 is 1.19 bits per heavy atom. The standard InChI is InChI=1S/C15H24N4O2/c1-18(2)15-16-13(21-17-15)11-7-9-19(10-8-11)14(20)12-5-3-4-6-12/h11-12H,3-10H2,1-2H3. The Hall–Kier alpha value is -1.59. The lowest BCUT2D eigenvalue weighted by Gasteiger charge is -2.32. The number of carbonyl (C=O) groups excluding carboxylic acids is 1. The quantitative estimate of drug-likeness (QED) is 0.853. The minimum absolute atomic E-state index is 0.283. The summed E-state index contributed by atoms with van der Waals surface area (Å²) in [5.74, 6) is 2.27. The molecule has 1 saturated heterocycles. The molecule has 116 valence electrons. The molecule has 1 saturated carbocycles. The summed E-state index contributed by atoms with van der Waals surface area (Å²) in [6.45, 7) is 1.64. The lowest BCUT2D eigenvalue weighted by Crippen LogP contribution is -2.40. The van der Waals surface area contributed by atoms with Gasteiger partial charge < -0.3 is 14.3 Å². The SMILES string of the molecule is CN(C)c1noc(C2CCN(C(=O)C3CCCC3)CC2)n1. The Morgan fingerprint density at radius 2 is 1.86 bits per heavy atom. The third kappa shape index (κ3) is 3.04. The number of piperidine rings is 1. The first-order valence-electron chi connectivity index (χ1n) is 7.95. The van der Waals surface area contributed by atoms with Crippen molar-refractivity contribution in [3.05, 3.63) is 5.89 Å². The van der Waals surface area contributed by atoms with Crippen LogP contribution in [-0.2, 0) is 4.79 Å². The minimum atomic E-state index is 0.283. The zero-order valence-corrected chi connectivity index (χ0v) is 12.9. The van der Waals surface area contributed by atoms with Gasteiger partial charge in [0.15, 0.2) is 0 Å². The van der Waals surface area contributed by atoms with Gasteiger partial charge in [0, 0.05) is 39.0 Å². The first kappa shape index (κ1) is 14.4.